The van der Waals surface area contributed by atoms with Crippen molar-refractivity contribution < 1.29 is 9.84 Å². The minimum atomic E-state index is 0.154. The largest absolute Gasteiger partial charge is 0.504 e. The number of hydrogen-bond acceptors (Lipinski definition) is 2. The van der Waals surface area contributed by atoms with E-state index in [-0.39, 0.29) is 11.2 Å². The van der Waals surface area contributed by atoms with Crippen LogP contribution in [-0.2, 0) is 18.4 Å². The summed E-state index contributed by atoms with van der Waals surface area (Å²) in [5.41, 5.74) is 4.24. The molecule has 0 saturated heterocycles. The van der Waals surface area contributed by atoms with Crippen LogP contribution in [0.5, 0.6) is 11.5 Å². The predicted octanol–water partition coefficient (Wildman–Crippen LogP) is 6.65. The molecule has 0 aliphatic heterocycles. The van der Waals surface area contributed by atoms with Gasteiger partial charge in [0.15, 0.2) is 11.5 Å². The molecule has 0 heterocycles. The fourth-order valence-electron chi connectivity index (χ4n) is 5.66. The van der Waals surface area contributed by atoms with Crippen molar-refractivity contribution in [3.63, 3.8) is 0 Å². The van der Waals surface area contributed by atoms with Crippen molar-refractivity contribution in [2.24, 2.45) is 11.3 Å². The maximum Gasteiger partial charge on any atom is 0.161 e. The van der Waals surface area contributed by atoms with E-state index in [1.54, 1.807) is 0 Å². The molecule has 0 unspecified atom stereocenters. The zero-order valence-corrected chi connectivity index (χ0v) is 17.3. The minimum Gasteiger partial charge on any atom is -0.504 e. The lowest BCUT2D eigenvalue weighted by Gasteiger charge is -2.54. The van der Waals surface area contributed by atoms with Crippen LogP contribution in [0.25, 0.3) is 0 Å². The Balaban J connectivity index is 1.61. The van der Waals surface area contributed by atoms with Crippen LogP contribution in [-0.4, -0.2) is 5.11 Å². The molecule has 0 aromatic heterocycles. The summed E-state index contributed by atoms with van der Waals surface area (Å²) in [7, 11) is 0. The number of benzene rings is 2. The van der Waals surface area contributed by atoms with Crippen molar-refractivity contribution in [2.75, 3.05) is 0 Å². The first kappa shape index (κ1) is 18.7. The summed E-state index contributed by atoms with van der Waals surface area (Å²) in [6, 6.07) is 11.7. The molecular weight excluding hydrogens is 356 g/mol. The smallest absolute Gasteiger partial charge is 0.161 e. The van der Waals surface area contributed by atoms with Gasteiger partial charge in [-0.05, 0) is 83.4 Å². The summed E-state index contributed by atoms with van der Waals surface area (Å²) < 4.78 is 5.95. The van der Waals surface area contributed by atoms with Crippen molar-refractivity contribution in [3.8, 4) is 11.5 Å². The van der Waals surface area contributed by atoms with E-state index in [1.807, 2.05) is 30.3 Å². The number of rotatable bonds is 3. The minimum absolute atomic E-state index is 0.154. The van der Waals surface area contributed by atoms with Gasteiger partial charge < -0.3 is 9.84 Å². The Labute approximate surface area is 167 Å². The topological polar surface area (TPSA) is 29.5 Å². The standard InChI is InChI=1S/C24H29ClO2/c1-23(2)11-4-12-24(3)19-14-20(26)21(13-17(19)7-10-22(23)24)27-15-16-5-8-18(25)9-6-16/h5-6,8-9,13-14,22,26H,4,7,10-12,15H2,1-3H3/t22-,24-/m1/s1. The number of fused-ring (bicyclic) bond motifs is 3. The van der Waals surface area contributed by atoms with Crippen molar-refractivity contribution in [1.82, 2.24) is 0 Å². The fraction of sp³-hybridized carbons (Fsp3) is 0.500. The highest BCUT2D eigenvalue weighted by Crippen LogP contribution is 2.57. The van der Waals surface area contributed by atoms with E-state index in [4.69, 9.17) is 16.3 Å². The Hall–Kier alpha value is -1.67. The predicted molar refractivity (Wildman–Crippen MR) is 111 cm³/mol. The molecule has 2 aliphatic carbocycles. The van der Waals surface area contributed by atoms with Crippen molar-refractivity contribution >= 4 is 11.6 Å². The molecule has 2 aliphatic rings. The molecule has 4 rings (SSSR count). The normalized spacial score (nSPS) is 26.1. The maximum atomic E-state index is 10.7. The Morgan fingerprint density at radius 2 is 1.85 bits per heavy atom. The van der Waals surface area contributed by atoms with Gasteiger partial charge in [0.2, 0.25) is 0 Å². The zero-order chi connectivity index (χ0) is 19.2. The number of phenolic OH excluding ortho intramolecular Hbond substituents is 1. The molecule has 0 amide bonds. The fourth-order valence-corrected chi connectivity index (χ4v) is 5.79. The molecule has 0 spiro atoms. The van der Waals surface area contributed by atoms with Gasteiger partial charge in [-0.15, -0.1) is 0 Å². The summed E-state index contributed by atoms with van der Waals surface area (Å²) in [5, 5.41) is 11.4. The van der Waals surface area contributed by atoms with Crippen LogP contribution < -0.4 is 4.74 Å². The van der Waals surface area contributed by atoms with Crippen LogP contribution in [0.1, 0.15) is 63.1 Å². The molecule has 0 radical (unpaired) electrons. The van der Waals surface area contributed by atoms with Gasteiger partial charge in [0.1, 0.15) is 6.61 Å². The molecule has 3 heteroatoms. The van der Waals surface area contributed by atoms with Gasteiger partial charge in [0.25, 0.3) is 0 Å². The molecule has 144 valence electrons. The number of hydrogen-bond donors (Lipinski definition) is 1. The summed E-state index contributed by atoms with van der Waals surface area (Å²) in [5.74, 6) is 1.51. The van der Waals surface area contributed by atoms with E-state index in [9.17, 15) is 5.11 Å². The molecule has 2 atom stereocenters. The molecule has 2 aromatic rings. The van der Waals surface area contributed by atoms with Gasteiger partial charge in [-0.2, -0.15) is 0 Å². The lowest BCUT2D eigenvalue weighted by atomic mass is 9.50. The van der Waals surface area contributed by atoms with E-state index in [0.29, 0.717) is 28.7 Å². The molecule has 1 fully saturated rings. The second-order valence-corrected chi connectivity index (χ2v) is 9.68. The van der Waals surface area contributed by atoms with E-state index < -0.39 is 0 Å². The third-order valence-electron chi connectivity index (χ3n) is 7.04. The first-order valence-corrected chi connectivity index (χ1v) is 10.4. The van der Waals surface area contributed by atoms with E-state index in [0.717, 1.165) is 12.0 Å². The quantitative estimate of drug-likeness (QED) is 0.641. The highest BCUT2D eigenvalue weighted by molar-refractivity contribution is 6.30. The van der Waals surface area contributed by atoms with Crippen LogP contribution in [0.3, 0.4) is 0 Å². The summed E-state index contributed by atoms with van der Waals surface area (Å²) in [4.78, 5) is 0. The SMILES string of the molecule is CC1(C)CCC[C@]2(C)c3cc(O)c(OCc4ccc(Cl)cc4)cc3CC[C@H]12. The van der Waals surface area contributed by atoms with E-state index in [2.05, 4.69) is 26.8 Å². The van der Waals surface area contributed by atoms with Crippen LogP contribution in [0.4, 0.5) is 0 Å². The van der Waals surface area contributed by atoms with Gasteiger partial charge in [0, 0.05) is 5.02 Å². The number of aromatic hydroxyl groups is 1. The van der Waals surface area contributed by atoms with Gasteiger partial charge in [-0.1, -0.05) is 50.9 Å². The zero-order valence-electron chi connectivity index (χ0n) is 16.5. The van der Waals surface area contributed by atoms with Gasteiger partial charge in [-0.25, -0.2) is 0 Å². The maximum absolute atomic E-state index is 10.7. The first-order chi connectivity index (χ1) is 12.8. The Morgan fingerprint density at radius 1 is 1.11 bits per heavy atom. The van der Waals surface area contributed by atoms with E-state index >= 15 is 0 Å². The van der Waals surface area contributed by atoms with Crippen molar-refractivity contribution in [2.45, 2.75) is 64.9 Å². The molecule has 2 aromatic carbocycles. The van der Waals surface area contributed by atoms with Crippen LogP contribution in [0, 0.1) is 11.3 Å². The van der Waals surface area contributed by atoms with Crippen LogP contribution in [0.15, 0.2) is 36.4 Å². The molecule has 2 nitrogen and oxygen atoms in total. The van der Waals surface area contributed by atoms with Gasteiger partial charge in [-0.3, -0.25) is 0 Å². The second kappa shape index (κ2) is 6.74. The Kier molecular flexibility index (Phi) is 4.66. The lowest BCUT2D eigenvalue weighted by molar-refractivity contribution is 0.0405. The summed E-state index contributed by atoms with van der Waals surface area (Å²) in [6.07, 6.45) is 6.05. The second-order valence-electron chi connectivity index (χ2n) is 9.24. The molecule has 0 bridgehead atoms. The summed E-state index contributed by atoms with van der Waals surface area (Å²) in [6.45, 7) is 7.67. The van der Waals surface area contributed by atoms with Crippen molar-refractivity contribution in [3.05, 3.63) is 58.1 Å². The van der Waals surface area contributed by atoms with Crippen molar-refractivity contribution in [1.29, 1.82) is 0 Å². The molecule has 1 saturated carbocycles. The molecule has 27 heavy (non-hydrogen) atoms. The Bertz CT molecular complexity index is 840. The van der Waals surface area contributed by atoms with Crippen LogP contribution >= 0.6 is 11.6 Å². The molecule has 1 N–H and O–H groups in total. The summed E-state index contributed by atoms with van der Waals surface area (Å²) >= 11 is 5.94. The first-order valence-electron chi connectivity index (χ1n) is 10.0. The third-order valence-corrected chi connectivity index (χ3v) is 7.29. The average molecular weight is 385 g/mol. The van der Waals surface area contributed by atoms with Crippen LogP contribution in [0.2, 0.25) is 5.02 Å². The average Bonchev–Trinajstić information content (AvgIpc) is 2.61. The Morgan fingerprint density at radius 3 is 2.59 bits per heavy atom. The number of ether oxygens (including phenoxy) is 1. The third kappa shape index (κ3) is 3.33. The van der Waals surface area contributed by atoms with Gasteiger partial charge >= 0.3 is 0 Å². The number of phenols is 1. The number of aryl methyl sites for hydroxylation is 1. The monoisotopic (exact) mass is 384 g/mol. The number of halogens is 1. The van der Waals surface area contributed by atoms with Gasteiger partial charge in [0.05, 0.1) is 0 Å². The lowest BCUT2D eigenvalue weighted by Crippen LogP contribution is -2.47. The van der Waals surface area contributed by atoms with E-state index in [1.165, 1.54) is 36.8 Å². The highest BCUT2D eigenvalue weighted by atomic mass is 35.5. The highest BCUT2D eigenvalue weighted by Gasteiger charge is 2.49. The molecular formula is C24H29ClO2.